The minimum Gasteiger partial charge on any atom is -0.512 e. The zero-order valence-corrected chi connectivity index (χ0v) is 23.2. The second kappa shape index (κ2) is 15.0. The van der Waals surface area contributed by atoms with E-state index in [4.69, 9.17) is 32.7 Å². The van der Waals surface area contributed by atoms with E-state index in [-0.39, 0.29) is 17.0 Å². The molecule has 1 N–H and O–H groups in total. The maximum atomic E-state index is 11.7. The fourth-order valence-corrected chi connectivity index (χ4v) is 5.16. The molecule has 3 rings (SSSR count). The molecule has 0 saturated carbocycles. The predicted molar refractivity (Wildman–Crippen MR) is 146 cm³/mol. The summed E-state index contributed by atoms with van der Waals surface area (Å²) in [5, 5.41) is 10.9. The second-order valence-corrected chi connectivity index (χ2v) is 10.3. The van der Waals surface area contributed by atoms with Crippen LogP contribution in [0, 0.1) is 5.92 Å². The first-order valence-corrected chi connectivity index (χ1v) is 13.5. The molecular weight excluding hydrogens is 523 g/mol. The number of rotatable bonds is 9. The number of ether oxygens (including phenoxy) is 3. The average Bonchev–Trinajstić information content (AvgIpc) is 2.86. The zero-order chi connectivity index (χ0) is 26.7. The van der Waals surface area contributed by atoms with Crippen LogP contribution in [0.25, 0.3) is 0 Å². The van der Waals surface area contributed by atoms with Crippen molar-refractivity contribution in [2.45, 2.75) is 51.4 Å². The summed E-state index contributed by atoms with van der Waals surface area (Å²) in [7, 11) is 1.31. The second-order valence-electron chi connectivity index (χ2n) is 7.95. The predicted octanol–water partition coefficient (Wildman–Crippen LogP) is 7.67. The fourth-order valence-electron chi connectivity index (χ4n) is 3.56. The monoisotopic (exact) mass is 554 g/mol. The van der Waals surface area contributed by atoms with E-state index < -0.39 is 12.1 Å². The number of allylic oxidation sites excluding steroid dienone is 2. The molecule has 0 saturated heterocycles. The van der Waals surface area contributed by atoms with Gasteiger partial charge in [0.2, 0.25) is 0 Å². The lowest BCUT2D eigenvalue weighted by Crippen LogP contribution is -2.30. The van der Waals surface area contributed by atoms with Gasteiger partial charge in [-0.1, -0.05) is 37.0 Å². The maximum absolute atomic E-state index is 11.7. The van der Waals surface area contributed by atoms with Gasteiger partial charge in [-0.05, 0) is 74.1 Å². The summed E-state index contributed by atoms with van der Waals surface area (Å²) < 4.78 is 15.7. The highest BCUT2D eigenvalue weighted by Crippen LogP contribution is 2.33. The van der Waals surface area contributed by atoms with Gasteiger partial charge in [0.15, 0.2) is 6.10 Å². The van der Waals surface area contributed by atoms with Crippen molar-refractivity contribution >= 4 is 46.7 Å². The Morgan fingerprint density at radius 3 is 2.36 bits per heavy atom. The van der Waals surface area contributed by atoms with Crippen molar-refractivity contribution in [3.8, 4) is 17.2 Å². The Morgan fingerprint density at radius 2 is 1.81 bits per heavy atom. The van der Waals surface area contributed by atoms with Crippen LogP contribution in [0.15, 0.2) is 54.3 Å². The van der Waals surface area contributed by atoms with E-state index in [0.29, 0.717) is 45.9 Å². The van der Waals surface area contributed by atoms with Gasteiger partial charge in [0.05, 0.1) is 23.8 Å². The van der Waals surface area contributed by atoms with Gasteiger partial charge in [-0.3, -0.25) is 4.79 Å². The molecule has 0 aromatic heterocycles. The minimum absolute atomic E-state index is 0.206. The van der Waals surface area contributed by atoms with Gasteiger partial charge in [0, 0.05) is 16.7 Å². The number of methoxy groups -OCH3 is 1. The van der Waals surface area contributed by atoms with Crippen LogP contribution in [0.3, 0.4) is 0 Å². The van der Waals surface area contributed by atoms with Gasteiger partial charge in [0.1, 0.15) is 23.0 Å². The van der Waals surface area contributed by atoms with Crippen LogP contribution in [0.5, 0.6) is 17.2 Å². The molecule has 3 atom stereocenters. The summed E-state index contributed by atoms with van der Waals surface area (Å²) in [6, 6.07) is 11.8. The minimum atomic E-state index is -0.678. The van der Waals surface area contributed by atoms with Crippen LogP contribution in [-0.2, 0) is 14.3 Å². The van der Waals surface area contributed by atoms with E-state index in [1.54, 1.807) is 67.2 Å². The smallest absolute Gasteiger partial charge is 0.346 e. The quantitative estimate of drug-likeness (QED) is 0.318. The van der Waals surface area contributed by atoms with Gasteiger partial charge in [-0.25, -0.2) is 4.79 Å². The van der Waals surface area contributed by atoms with Gasteiger partial charge >= 0.3 is 5.97 Å². The van der Waals surface area contributed by atoms with E-state index in [2.05, 4.69) is 18.6 Å². The molecule has 0 fully saturated rings. The number of carbonyl (C=O) groups excluding carboxylic acids is 2. The fraction of sp³-hybridized carbons (Fsp3) is 0.407. The SMILES string of the molecule is CCSC(CC)C1C(=O)CCC=C1O.COC(=O)C(C)Oc1ccc(Oc2ccc(Cl)cc2Cl)cc1. The number of thioether (sulfide) groups is 1. The van der Waals surface area contributed by atoms with Crippen LogP contribution >= 0.6 is 35.0 Å². The van der Waals surface area contributed by atoms with E-state index >= 15 is 0 Å². The number of hydrogen-bond donors (Lipinski definition) is 1. The molecule has 2 aromatic rings. The van der Waals surface area contributed by atoms with Crippen LogP contribution in [0.2, 0.25) is 10.0 Å². The van der Waals surface area contributed by atoms with Crippen molar-refractivity contribution in [3.63, 3.8) is 0 Å². The number of carbonyl (C=O) groups is 2. The third kappa shape index (κ3) is 8.95. The molecule has 0 heterocycles. The molecule has 0 aliphatic heterocycles. The Kier molecular flexibility index (Phi) is 12.5. The Morgan fingerprint density at radius 1 is 1.14 bits per heavy atom. The van der Waals surface area contributed by atoms with E-state index in [0.717, 1.165) is 12.2 Å². The first-order valence-electron chi connectivity index (χ1n) is 11.7. The van der Waals surface area contributed by atoms with Crippen molar-refractivity contribution in [2.24, 2.45) is 5.92 Å². The van der Waals surface area contributed by atoms with Crippen LogP contribution < -0.4 is 9.47 Å². The Balaban J connectivity index is 0.000000281. The number of halogens is 2. The van der Waals surface area contributed by atoms with Gasteiger partial charge in [-0.2, -0.15) is 11.8 Å². The van der Waals surface area contributed by atoms with Crippen molar-refractivity contribution in [1.29, 1.82) is 0 Å². The Hall–Kier alpha value is -2.35. The largest absolute Gasteiger partial charge is 0.512 e. The van der Waals surface area contributed by atoms with Crippen molar-refractivity contribution < 1.29 is 28.9 Å². The molecule has 2 aromatic carbocycles. The summed E-state index contributed by atoms with van der Waals surface area (Å²) >= 11 is 13.6. The molecule has 3 unspecified atom stereocenters. The third-order valence-corrected chi connectivity index (χ3v) is 7.25. The van der Waals surface area contributed by atoms with Crippen molar-refractivity contribution in [2.75, 3.05) is 12.9 Å². The van der Waals surface area contributed by atoms with Gasteiger partial charge in [-0.15, -0.1) is 0 Å². The molecule has 196 valence electrons. The number of esters is 1. The Bertz CT molecular complexity index is 1040. The standard InChI is InChI=1S/C16H14Cl2O4.C11H18O2S/c1-10(16(19)20-2)21-12-4-6-13(7-5-12)22-15-8-3-11(17)9-14(15)18;1-3-10(14-4-2)11-8(12)6-5-7-9(11)13/h3-10H,1-2H3;6,10-12H,3-5,7H2,1-2H3. The third-order valence-electron chi connectivity index (χ3n) is 5.36. The van der Waals surface area contributed by atoms with Crippen LogP contribution in [0.4, 0.5) is 0 Å². The normalized spacial score (nSPS) is 16.7. The summed E-state index contributed by atoms with van der Waals surface area (Å²) in [4.78, 5) is 23.0. The molecule has 36 heavy (non-hydrogen) atoms. The molecule has 0 radical (unpaired) electrons. The number of hydrogen-bond acceptors (Lipinski definition) is 7. The highest BCUT2D eigenvalue weighted by molar-refractivity contribution is 7.99. The van der Waals surface area contributed by atoms with Gasteiger partial charge in [0.25, 0.3) is 0 Å². The molecular formula is C27H32Cl2O6S. The average molecular weight is 556 g/mol. The van der Waals surface area contributed by atoms with E-state index in [1.807, 2.05) is 0 Å². The molecule has 6 nitrogen and oxygen atoms in total. The van der Waals surface area contributed by atoms with Crippen LogP contribution in [0.1, 0.15) is 40.0 Å². The number of aliphatic hydroxyl groups is 1. The van der Waals surface area contributed by atoms with E-state index in [9.17, 15) is 14.7 Å². The molecule has 0 bridgehead atoms. The topological polar surface area (TPSA) is 82.1 Å². The molecule has 9 heteroatoms. The maximum Gasteiger partial charge on any atom is 0.346 e. The molecule has 0 spiro atoms. The first-order chi connectivity index (χ1) is 17.2. The summed E-state index contributed by atoms with van der Waals surface area (Å²) in [5.41, 5.74) is 0. The number of aliphatic hydroxyl groups excluding tert-OH is 1. The lowest BCUT2D eigenvalue weighted by Gasteiger charge is -2.26. The van der Waals surface area contributed by atoms with Crippen molar-refractivity contribution in [1.82, 2.24) is 0 Å². The Labute approximate surface area is 226 Å². The highest BCUT2D eigenvalue weighted by Gasteiger charge is 2.32. The van der Waals surface area contributed by atoms with E-state index in [1.165, 1.54) is 7.11 Å². The summed E-state index contributed by atoms with van der Waals surface area (Å²) in [6.07, 6.45) is 3.35. The molecule has 0 amide bonds. The summed E-state index contributed by atoms with van der Waals surface area (Å²) in [6.45, 7) is 5.77. The molecule has 1 aliphatic rings. The number of ketones is 1. The van der Waals surface area contributed by atoms with Gasteiger partial charge < -0.3 is 19.3 Å². The molecule has 1 aliphatic carbocycles. The number of benzene rings is 2. The van der Waals surface area contributed by atoms with Crippen LogP contribution in [-0.4, -0.2) is 41.1 Å². The number of Topliss-reactive ketones (excluding diaryl/α,β-unsaturated/α-hetero) is 1. The van der Waals surface area contributed by atoms with Crippen molar-refractivity contribution in [3.05, 3.63) is 64.3 Å². The highest BCUT2D eigenvalue weighted by atomic mass is 35.5. The first kappa shape index (κ1) is 29.9. The zero-order valence-electron chi connectivity index (χ0n) is 20.8. The lowest BCUT2D eigenvalue weighted by molar-refractivity contribution is -0.147. The lowest BCUT2D eigenvalue weighted by atomic mass is 9.88. The summed E-state index contributed by atoms with van der Waals surface area (Å²) in [5.74, 6) is 2.45.